The Morgan fingerprint density at radius 2 is 1.82 bits per heavy atom. The van der Waals surface area contributed by atoms with E-state index in [0.717, 1.165) is 29.8 Å². The molecule has 172 valence electrons. The van der Waals surface area contributed by atoms with Gasteiger partial charge < -0.3 is 15.1 Å². The van der Waals surface area contributed by atoms with Crippen molar-refractivity contribution in [2.45, 2.75) is 24.8 Å². The van der Waals surface area contributed by atoms with E-state index in [1.54, 1.807) is 28.1 Å². The molecule has 1 aromatic heterocycles. The SMILES string of the molecule is O=C(CSC1c2ccccc2C(=O)N1Cc1ccc(N2CCCC2=O)cc1)Nc1ccccn1. The number of nitrogens with zero attached hydrogens (tertiary/aromatic N) is 3. The van der Waals surface area contributed by atoms with Crippen molar-refractivity contribution in [1.82, 2.24) is 9.88 Å². The van der Waals surface area contributed by atoms with Crippen LogP contribution in [0.5, 0.6) is 0 Å². The average Bonchev–Trinajstić information content (AvgIpc) is 3.40. The highest BCUT2D eigenvalue weighted by molar-refractivity contribution is 8.00. The van der Waals surface area contributed by atoms with Crippen molar-refractivity contribution in [3.05, 3.63) is 89.6 Å². The maximum absolute atomic E-state index is 13.2. The molecule has 0 saturated carbocycles. The van der Waals surface area contributed by atoms with E-state index in [0.29, 0.717) is 24.3 Å². The van der Waals surface area contributed by atoms with Gasteiger partial charge >= 0.3 is 0 Å². The van der Waals surface area contributed by atoms with Crippen LogP contribution in [-0.4, -0.2) is 39.9 Å². The Labute approximate surface area is 202 Å². The number of benzene rings is 2. The van der Waals surface area contributed by atoms with Crippen molar-refractivity contribution < 1.29 is 14.4 Å². The molecule has 5 rings (SSSR count). The molecule has 2 aliphatic rings. The Bertz CT molecular complexity index is 1220. The number of hydrogen-bond donors (Lipinski definition) is 1. The molecule has 2 aliphatic heterocycles. The van der Waals surface area contributed by atoms with Gasteiger partial charge in [0.2, 0.25) is 11.8 Å². The third-order valence-electron chi connectivity index (χ3n) is 5.98. The van der Waals surface area contributed by atoms with E-state index in [-0.39, 0.29) is 28.8 Å². The molecule has 0 bridgehead atoms. The average molecular weight is 473 g/mol. The van der Waals surface area contributed by atoms with Crippen LogP contribution in [0.1, 0.15) is 39.7 Å². The van der Waals surface area contributed by atoms with E-state index in [9.17, 15) is 14.4 Å². The summed E-state index contributed by atoms with van der Waals surface area (Å²) in [4.78, 5) is 45.5. The van der Waals surface area contributed by atoms with Crippen molar-refractivity contribution in [3.63, 3.8) is 0 Å². The van der Waals surface area contributed by atoms with Crippen LogP contribution < -0.4 is 10.2 Å². The predicted octanol–water partition coefficient (Wildman–Crippen LogP) is 4.23. The highest BCUT2D eigenvalue weighted by Gasteiger charge is 2.37. The van der Waals surface area contributed by atoms with E-state index in [1.807, 2.05) is 54.6 Å². The quantitative estimate of drug-likeness (QED) is 0.556. The first-order chi connectivity index (χ1) is 16.6. The van der Waals surface area contributed by atoms with E-state index in [2.05, 4.69) is 10.3 Å². The van der Waals surface area contributed by atoms with E-state index in [1.165, 1.54) is 11.8 Å². The largest absolute Gasteiger partial charge is 0.318 e. The minimum atomic E-state index is -0.266. The highest BCUT2D eigenvalue weighted by atomic mass is 32.2. The molecule has 3 amide bonds. The van der Waals surface area contributed by atoms with Gasteiger partial charge in [0.25, 0.3) is 5.91 Å². The third kappa shape index (κ3) is 4.54. The lowest BCUT2D eigenvalue weighted by Gasteiger charge is -2.25. The van der Waals surface area contributed by atoms with Gasteiger partial charge in [0.1, 0.15) is 11.2 Å². The zero-order chi connectivity index (χ0) is 23.5. The molecule has 3 aromatic rings. The molecular weight excluding hydrogens is 448 g/mol. The van der Waals surface area contributed by atoms with Crippen molar-refractivity contribution >= 4 is 41.0 Å². The second kappa shape index (κ2) is 9.69. The summed E-state index contributed by atoms with van der Waals surface area (Å²) < 4.78 is 0. The maximum atomic E-state index is 13.2. The minimum absolute atomic E-state index is 0.0444. The van der Waals surface area contributed by atoms with E-state index >= 15 is 0 Å². The van der Waals surface area contributed by atoms with Crippen LogP contribution in [0.2, 0.25) is 0 Å². The number of amides is 3. The Hall–Kier alpha value is -3.65. The summed E-state index contributed by atoms with van der Waals surface area (Å²) in [5.74, 6) is 0.634. The van der Waals surface area contributed by atoms with Gasteiger partial charge in [-0.3, -0.25) is 14.4 Å². The Morgan fingerprint density at radius 3 is 2.56 bits per heavy atom. The molecule has 1 atom stereocenters. The molecule has 3 heterocycles. The highest BCUT2D eigenvalue weighted by Crippen LogP contribution is 2.42. The topological polar surface area (TPSA) is 82.6 Å². The molecule has 7 nitrogen and oxygen atoms in total. The monoisotopic (exact) mass is 472 g/mol. The molecule has 2 aromatic carbocycles. The van der Waals surface area contributed by atoms with Crippen LogP contribution in [0, 0.1) is 0 Å². The fraction of sp³-hybridized carbons (Fsp3) is 0.231. The summed E-state index contributed by atoms with van der Waals surface area (Å²) in [6.45, 7) is 1.17. The zero-order valence-electron chi connectivity index (χ0n) is 18.5. The number of thioether (sulfide) groups is 1. The van der Waals surface area contributed by atoms with Crippen molar-refractivity contribution in [2.24, 2.45) is 0 Å². The van der Waals surface area contributed by atoms with Crippen LogP contribution in [0.15, 0.2) is 72.9 Å². The van der Waals surface area contributed by atoms with Crippen LogP contribution in [-0.2, 0) is 16.1 Å². The number of hydrogen-bond acceptors (Lipinski definition) is 5. The number of carbonyl (C=O) groups is 3. The van der Waals surface area contributed by atoms with Crippen LogP contribution >= 0.6 is 11.8 Å². The fourth-order valence-corrected chi connectivity index (χ4v) is 5.46. The Kier molecular flexibility index (Phi) is 6.31. The predicted molar refractivity (Wildman–Crippen MR) is 132 cm³/mol. The van der Waals surface area contributed by atoms with Crippen LogP contribution in [0.25, 0.3) is 0 Å². The smallest absolute Gasteiger partial charge is 0.255 e. The summed E-state index contributed by atoms with van der Waals surface area (Å²) in [6, 6.07) is 20.7. The summed E-state index contributed by atoms with van der Waals surface area (Å²) >= 11 is 1.42. The summed E-state index contributed by atoms with van der Waals surface area (Å²) in [5, 5.41) is 2.53. The van der Waals surface area contributed by atoms with E-state index < -0.39 is 0 Å². The van der Waals surface area contributed by atoms with Gasteiger partial charge in [-0.15, -0.1) is 11.8 Å². The number of anilines is 2. The van der Waals surface area contributed by atoms with Crippen LogP contribution in [0.4, 0.5) is 11.5 Å². The Balaban J connectivity index is 1.30. The number of fused-ring (bicyclic) bond motifs is 1. The van der Waals surface area contributed by atoms with Gasteiger partial charge in [-0.2, -0.15) is 0 Å². The first-order valence-corrected chi connectivity index (χ1v) is 12.3. The van der Waals surface area contributed by atoms with Gasteiger partial charge in [0.15, 0.2) is 0 Å². The number of carbonyl (C=O) groups excluding carboxylic acids is 3. The summed E-state index contributed by atoms with van der Waals surface area (Å²) in [5.41, 5.74) is 3.45. The van der Waals surface area contributed by atoms with Gasteiger partial charge in [-0.05, 0) is 47.9 Å². The lowest BCUT2D eigenvalue weighted by atomic mass is 10.1. The van der Waals surface area contributed by atoms with Gasteiger partial charge in [0, 0.05) is 37.0 Å². The number of rotatable bonds is 7. The molecule has 1 unspecified atom stereocenters. The standard InChI is InChI=1S/C26H24N4O3S/c31-23(28-22-8-3-4-14-27-22)17-34-26-21-7-2-1-6-20(21)25(33)30(26)16-18-10-12-19(13-11-18)29-15-5-9-24(29)32/h1-4,6-8,10-14,26H,5,9,15-17H2,(H,27,28,31). The number of aromatic nitrogens is 1. The molecule has 0 aliphatic carbocycles. The molecule has 8 heteroatoms. The number of nitrogens with one attached hydrogen (secondary N) is 1. The Morgan fingerprint density at radius 1 is 1.03 bits per heavy atom. The van der Waals surface area contributed by atoms with Gasteiger partial charge in [-0.1, -0.05) is 36.4 Å². The van der Waals surface area contributed by atoms with Crippen molar-refractivity contribution in [3.8, 4) is 0 Å². The minimum Gasteiger partial charge on any atom is -0.318 e. The van der Waals surface area contributed by atoms with Gasteiger partial charge in [0.05, 0.1) is 5.75 Å². The number of pyridine rings is 1. The zero-order valence-corrected chi connectivity index (χ0v) is 19.3. The lowest BCUT2D eigenvalue weighted by Crippen LogP contribution is -2.27. The molecular formula is C26H24N4O3S. The van der Waals surface area contributed by atoms with Crippen molar-refractivity contribution in [2.75, 3.05) is 22.5 Å². The molecule has 1 N–H and O–H groups in total. The normalized spacial score (nSPS) is 17.2. The first-order valence-electron chi connectivity index (χ1n) is 11.2. The van der Waals surface area contributed by atoms with Crippen LogP contribution in [0.3, 0.4) is 0 Å². The summed E-state index contributed by atoms with van der Waals surface area (Å²) in [6.07, 6.45) is 3.10. The fourth-order valence-electron chi connectivity index (χ4n) is 4.34. The second-order valence-corrected chi connectivity index (χ2v) is 9.33. The summed E-state index contributed by atoms with van der Waals surface area (Å²) in [7, 11) is 0. The molecule has 0 radical (unpaired) electrons. The molecule has 1 saturated heterocycles. The maximum Gasteiger partial charge on any atom is 0.255 e. The van der Waals surface area contributed by atoms with E-state index in [4.69, 9.17) is 0 Å². The molecule has 1 fully saturated rings. The molecule has 34 heavy (non-hydrogen) atoms. The van der Waals surface area contributed by atoms with Crippen molar-refractivity contribution in [1.29, 1.82) is 0 Å². The first kappa shape index (κ1) is 22.2. The lowest BCUT2D eigenvalue weighted by molar-refractivity contribution is -0.117. The second-order valence-electron chi connectivity index (χ2n) is 8.26. The van der Waals surface area contributed by atoms with Gasteiger partial charge in [-0.25, -0.2) is 4.98 Å². The molecule has 0 spiro atoms. The third-order valence-corrected chi connectivity index (χ3v) is 7.23.